The van der Waals surface area contributed by atoms with Crippen LogP contribution in [0.1, 0.15) is 12.5 Å². The van der Waals surface area contributed by atoms with E-state index in [1.807, 2.05) is 0 Å². The number of carbonyl (C=O) groups excluding carboxylic acids is 1. The van der Waals surface area contributed by atoms with Crippen LogP contribution in [0, 0.1) is 23.3 Å². The summed E-state index contributed by atoms with van der Waals surface area (Å²) in [6.45, 7) is 0. The van der Waals surface area contributed by atoms with Crippen molar-refractivity contribution in [2.45, 2.75) is 17.6 Å². The zero-order chi connectivity index (χ0) is 23.3. The van der Waals surface area contributed by atoms with Crippen LogP contribution in [0.5, 0.6) is 0 Å². The topological polar surface area (TPSA) is 81.8 Å². The van der Waals surface area contributed by atoms with Gasteiger partial charge in [-0.15, -0.1) is 0 Å². The number of benzene rings is 2. The van der Waals surface area contributed by atoms with Crippen LogP contribution in [0.25, 0.3) is 16.7 Å². The standard InChI is InChI=1S/C21H13F4N5O2S/c22-10-1-3-11(4-2-10)30-19-13(8-26-30)20(32)29-12(9-33-21(29)28-19)7-16(31)27-15-6-5-14(23)17(24)18(15)25/h1-6,8,12H,7,9H2,(H,27,31). The van der Waals surface area contributed by atoms with Crippen LogP contribution in [-0.2, 0) is 4.79 Å². The maximum absolute atomic E-state index is 13.8. The molecule has 0 bridgehead atoms. The number of rotatable bonds is 4. The second kappa shape index (κ2) is 8.03. The van der Waals surface area contributed by atoms with Gasteiger partial charge < -0.3 is 5.32 Å². The van der Waals surface area contributed by atoms with Crippen molar-refractivity contribution in [3.63, 3.8) is 0 Å². The number of thioether (sulfide) groups is 1. The summed E-state index contributed by atoms with van der Waals surface area (Å²) in [5.74, 6) is -5.29. The van der Waals surface area contributed by atoms with E-state index in [1.54, 1.807) is 0 Å². The van der Waals surface area contributed by atoms with Gasteiger partial charge in [0.2, 0.25) is 5.91 Å². The van der Waals surface area contributed by atoms with Crippen molar-refractivity contribution >= 4 is 34.4 Å². The molecule has 1 aliphatic rings. The molecule has 1 atom stereocenters. The molecular formula is C21H13F4N5O2S. The van der Waals surface area contributed by atoms with Gasteiger partial charge in [-0.1, -0.05) is 11.8 Å². The normalized spacial score (nSPS) is 15.1. The van der Waals surface area contributed by atoms with E-state index in [1.165, 1.54) is 51.5 Å². The first kappa shape index (κ1) is 21.2. The highest BCUT2D eigenvalue weighted by atomic mass is 32.2. The largest absolute Gasteiger partial charge is 0.323 e. The molecule has 4 aromatic rings. The van der Waals surface area contributed by atoms with E-state index in [4.69, 9.17) is 0 Å². The zero-order valence-electron chi connectivity index (χ0n) is 16.6. The van der Waals surface area contributed by atoms with Gasteiger partial charge in [0.05, 0.1) is 23.6 Å². The third kappa shape index (κ3) is 3.65. The molecule has 5 rings (SSSR count). The number of anilines is 1. The number of amides is 1. The van der Waals surface area contributed by atoms with Crippen LogP contribution in [0.3, 0.4) is 0 Å². The Hall–Kier alpha value is -3.67. The highest BCUT2D eigenvalue weighted by molar-refractivity contribution is 7.99. The van der Waals surface area contributed by atoms with Crippen molar-refractivity contribution in [1.29, 1.82) is 0 Å². The van der Waals surface area contributed by atoms with Crippen molar-refractivity contribution in [3.8, 4) is 5.69 Å². The summed E-state index contributed by atoms with van der Waals surface area (Å²) >= 11 is 1.26. The molecule has 3 heterocycles. The van der Waals surface area contributed by atoms with Crippen LogP contribution in [0.4, 0.5) is 23.2 Å². The molecule has 12 heteroatoms. The van der Waals surface area contributed by atoms with Crippen LogP contribution in [0.15, 0.2) is 52.5 Å². The fraction of sp³-hybridized carbons (Fsp3) is 0.143. The number of hydrogen-bond acceptors (Lipinski definition) is 5. The average Bonchev–Trinajstić information content (AvgIpc) is 3.40. The second-order valence-electron chi connectivity index (χ2n) is 7.28. The molecule has 0 aliphatic carbocycles. The van der Waals surface area contributed by atoms with Gasteiger partial charge in [0.25, 0.3) is 5.56 Å². The van der Waals surface area contributed by atoms with Crippen LogP contribution < -0.4 is 10.9 Å². The number of hydrogen-bond donors (Lipinski definition) is 1. The molecule has 1 N–H and O–H groups in total. The highest BCUT2D eigenvalue weighted by Crippen LogP contribution is 2.33. The van der Waals surface area contributed by atoms with E-state index >= 15 is 0 Å². The number of nitrogens with zero attached hydrogens (tertiary/aromatic N) is 4. The number of aromatic nitrogens is 4. The van der Waals surface area contributed by atoms with E-state index in [0.717, 1.165) is 6.07 Å². The summed E-state index contributed by atoms with van der Waals surface area (Å²) in [7, 11) is 0. The Kier molecular flexibility index (Phi) is 5.16. The average molecular weight is 475 g/mol. The molecule has 0 spiro atoms. The molecule has 7 nitrogen and oxygen atoms in total. The highest BCUT2D eigenvalue weighted by Gasteiger charge is 2.30. The second-order valence-corrected chi connectivity index (χ2v) is 8.27. The third-order valence-electron chi connectivity index (χ3n) is 5.17. The molecule has 0 saturated carbocycles. The lowest BCUT2D eigenvalue weighted by atomic mass is 10.2. The van der Waals surface area contributed by atoms with E-state index < -0.39 is 46.5 Å². The Balaban J connectivity index is 1.43. The Morgan fingerprint density at radius 3 is 2.61 bits per heavy atom. The Morgan fingerprint density at radius 1 is 1.09 bits per heavy atom. The van der Waals surface area contributed by atoms with Crippen LogP contribution >= 0.6 is 11.8 Å². The maximum atomic E-state index is 13.8. The SMILES string of the molecule is O=C(CC1CSc2nc3c(cnn3-c3ccc(F)cc3)c(=O)n21)Nc1ccc(F)c(F)c1F. The zero-order valence-corrected chi connectivity index (χ0v) is 17.4. The summed E-state index contributed by atoms with van der Waals surface area (Å²) in [5.41, 5.74) is -0.0912. The minimum atomic E-state index is -1.68. The summed E-state index contributed by atoms with van der Waals surface area (Å²) in [4.78, 5) is 30.1. The van der Waals surface area contributed by atoms with Gasteiger partial charge in [-0.2, -0.15) is 5.10 Å². The van der Waals surface area contributed by atoms with Gasteiger partial charge in [0, 0.05) is 12.2 Å². The number of fused-ring (bicyclic) bond motifs is 2. The number of carbonyl (C=O) groups is 1. The van der Waals surface area contributed by atoms with Crippen molar-refractivity contribution in [3.05, 3.63) is 76.2 Å². The van der Waals surface area contributed by atoms with Crippen LogP contribution in [-0.4, -0.2) is 31.0 Å². The lowest BCUT2D eigenvalue weighted by Gasteiger charge is -2.14. The van der Waals surface area contributed by atoms with Gasteiger partial charge >= 0.3 is 0 Å². The molecule has 1 unspecified atom stereocenters. The molecule has 1 aliphatic heterocycles. The van der Waals surface area contributed by atoms with E-state index in [9.17, 15) is 27.2 Å². The lowest BCUT2D eigenvalue weighted by molar-refractivity contribution is -0.116. The molecule has 33 heavy (non-hydrogen) atoms. The molecule has 0 radical (unpaired) electrons. The lowest BCUT2D eigenvalue weighted by Crippen LogP contribution is -2.28. The monoisotopic (exact) mass is 475 g/mol. The van der Waals surface area contributed by atoms with E-state index in [-0.39, 0.29) is 11.8 Å². The third-order valence-corrected chi connectivity index (χ3v) is 6.27. The first-order valence-corrected chi connectivity index (χ1v) is 10.6. The first-order chi connectivity index (χ1) is 15.8. The van der Waals surface area contributed by atoms with Gasteiger partial charge in [-0.05, 0) is 36.4 Å². The van der Waals surface area contributed by atoms with Gasteiger partial charge in [0.15, 0.2) is 28.3 Å². The van der Waals surface area contributed by atoms with E-state index in [2.05, 4.69) is 15.4 Å². The van der Waals surface area contributed by atoms with Gasteiger partial charge in [-0.25, -0.2) is 27.2 Å². The predicted octanol–water partition coefficient (Wildman–Crippen LogP) is 3.81. The fourth-order valence-corrected chi connectivity index (χ4v) is 4.72. The maximum Gasteiger partial charge on any atom is 0.265 e. The summed E-state index contributed by atoms with van der Waals surface area (Å²) < 4.78 is 56.4. The summed E-state index contributed by atoms with van der Waals surface area (Å²) in [6.07, 6.45) is 1.13. The molecule has 0 fully saturated rings. The van der Waals surface area contributed by atoms with Gasteiger partial charge in [0.1, 0.15) is 11.2 Å². The quantitative estimate of drug-likeness (QED) is 0.276. The molecule has 2 aromatic heterocycles. The molecule has 1 amide bonds. The van der Waals surface area contributed by atoms with Crippen molar-refractivity contribution in [2.24, 2.45) is 0 Å². The van der Waals surface area contributed by atoms with Crippen molar-refractivity contribution in [2.75, 3.05) is 11.1 Å². The smallest absolute Gasteiger partial charge is 0.265 e. The minimum Gasteiger partial charge on any atom is -0.323 e. The molecule has 0 saturated heterocycles. The number of halogens is 4. The predicted molar refractivity (Wildman–Crippen MR) is 112 cm³/mol. The Bertz CT molecular complexity index is 1470. The Morgan fingerprint density at radius 2 is 1.85 bits per heavy atom. The minimum absolute atomic E-state index is 0.211. The first-order valence-electron chi connectivity index (χ1n) is 9.66. The Labute approximate surface area is 187 Å². The number of nitrogens with one attached hydrogen (secondary N) is 1. The molecule has 2 aromatic carbocycles. The summed E-state index contributed by atoms with van der Waals surface area (Å²) in [6, 6.07) is 6.59. The van der Waals surface area contributed by atoms with Crippen LogP contribution in [0.2, 0.25) is 0 Å². The van der Waals surface area contributed by atoms with Crippen molar-refractivity contribution in [1.82, 2.24) is 19.3 Å². The molecule has 168 valence electrons. The molecular weight excluding hydrogens is 462 g/mol. The van der Waals surface area contributed by atoms with E-state index in [0.29, 0.717) is 28.3 Å². The van der Waals surface area contributed by atoms with Gasteiger partial charge in [-0.3, -0.25) is 14.2 Å². The fourth-order valence-electron chi connectivity index (χ4n) is 3.59. The summed E-state index contributed by atoms with van der Waals surface area (Å²) in [5, 5.41) is 6.98. The van der Waals surface area contributed by atoms with Crippen molar-refractivity contribution < 1.29 is 22.4 Å².